The lowest BCUT2D eigenvalue weighted by Crippen LogP contribution is -2.53. The first-order valence-corrected chi connectivity index (χ1v) is 7.77. The monoisotopic (exact) mass is 283 g/mol. The van der Waals surface area contributed by atoms with E-state index in [1.165, 1.54) is 4.88 Å². The summed E-state index contributed by atoms with van der Waals surface area (Å²) in [6.45, 7) is 7.59. The summed E-state index contributed by atoms with van der Waals surface area (Å²) in [5.41, 5.74) is 5.80. The molecule has 1 unspecified atom stereocenters. The fourth-order valence-electron chi connectivity index (χ4n) is 2.50. The molecule has 2 heterocycles. The number of nitrogens with two attached hydrogens (primary N) is 1. The normalized spacial score (nSPS) is 19.8. The molecule has 1 atom stereocenters. The molecular weight excluding hydrogens is 262 g/mol. The molecule has 1 aliphatic heterocycles. The molecule has 1 aromatic rings. The maximum absolute atomic E-state index is 5.80. The number of nitrogens with zero attached hydrogens (tertiary/aromatic N) is 2. The Balaban J connectivity index is 1.82. The average molecular weight is 283 g/mol. The molecule has 0 bridgehead atoms. The van der Waals surface area contributed by atoms with Crippen LogP contribution in [0.1, 0.15) is 18.2 Å². The highest BCUT2D eigenvalue weighted by Gasteiger charge is 2.24. The maximum Gasteiger partial charge on any atom is 0.0901 e. The Morgan fingerprint density at radius 1 is 1.44 bits per heavy atom. The highest BCUT2D eigenvalue weighted by atomic mass is 32.1. The van der Waals surface area contributed by atoms with Crippen LogP contribution in [0.4, 0.5) is 0 Å². The first-order valence-electron chi connectivity index (χ1n) is 6.48. The third-order valence-corrected chi connectivity index (χ3v) is 4.66. The van der Waals surface area contributed by atoms with E-state index in [2.05, 4.69) is 34.2 Å². The predicted octanol–water partition coefficient (Wildman–Crippen LogP) is 1.93. The third-order valence-electron chi connectivity index (χ3n) is 3.52. The minimum Gasteiger partial charge on any atom is -0.392 e. The van der Waals surface area contributed by atoms with Gasteiger partial charge in [0.1, 0.15) is 0 Å². The molecule has 2 rings (SSSR count). The molecule has 1 aromatic heterocycles. The number of thiocarbonyl (C=S) groups is 1. The van der Waals surface area contributed by atoms with E-state index in [4.69, 9.17) is 18.0 Å². The smallest absolute Gasteiger partial charge is 0.0901 e. The lowest BCUT2D eigenvalue weighted by Gasteiger charge is -2.38. The second-order valence-corrected chi connectivity index (χ2v) is 6.22. The Morgan fingerprint density at radius 2 is 2.17 bits per heavy atom. The lowest BCUT2D eigenvalue weighted by molar-refractivity contribution is 0.112. The summed E-state index contributed by atoms with van der Waals surface area (Å²) in [5.74, 6) is 0. The Morgan fingerprint density at radius 3 is 2.67 bits per heavy atom. The van der Waals surface area contributed by atoms with E-state index in [0.29, 0.717) is 4.99 Å². The summed E-state index contributed by atoms with van der Waals surface area (Å²) in [6.07, 6.45) is 1.01. The van der Waals surface area contributed by atoms with Crippen molar-refractivity contribution in [1.82, 2.24) is 9.80 Å². The van der Waals surface area contributed by atoms with Crippen LogP contribution in [0.3, 0.4) is 0 Å². The molecule has 1 fully saturated rings. The highest BCUT2D eigenvalue weighted by Crippen LogP contribution is 2.15. The van der Waals surface area contributed by atoms with Gasteiger partial charge in [-0.1, -0.05) is 25.2 Å². The van der Waals surface area contributed by atoms with Crippen molar-refractivity contribution in [3.05, 3.63) is 22.4 Å². The van der Waals surface area contributed by atoms with E-state index >= 15 is 0 Å². The summed E-state index contributed by atoms with van der Waals surface area (Å²) >= 11 is 6.98. The van der Waals surface area contributed by atoms with Crippen LogP contribution in [0.15, 0.2) is 17.5 Å². The molecule has 18 heavy (non-hydrogen) atoms. The molecular formula is C13H21N3S2. The molecule has 0 aromatic carbocycles. The van der Waals surface area contributed by atoms with Crippen molar-refractivity contribution in [1.29, 1.82) is 0 Å². The summed E-state index contributed by atoms with van der Waals surface area (Å²) in [7, 11) is 0. The Kier molecular flexibility index (Phi) is 5.12. The van der Waals surface area contributed by atoms with Crippen molar-refractivity contribution >= 4 is 28.5 Å². The molecule has 0 amide bonds. The zero-order chi connectivity index (χ0) is 13.0. The minimum absolute atomic E-state index is 0.281. The molecule has 3 nitrogen and oxygen atoms in total. The van der Waals surface area contributed by atoms with Crippen molar-refractivity contribution in [2.24, 2.45) is 5.73 Å². The van der Waals surface area contributed by atoms with Crippen molar-refractivity contribution in [2.45, 2.75) is 25.9 Å². The van der Waals surface area contributed by atoms with E-state index in [1.807, 2.05) is 11.3 Å². The van der Waals surface area contributed by atoms with Crippen LogP contribution in [-0.2, 0) is 6.54 Å². The minimum atomic E-state index is 0.281. The lowest BCUT2D eigenvalue weighted by atomic mass is 10.1. The van der Waals surface area contributed by atoms with Gasteiger partial charge >= 0.3 is 0 Å². The van der Waals surface area contributed by atoms with Gasteiger partial charge in [0.25, 0.3) is 0 Å². The van der Waals surface area contributed by atoms with Crippen LogP contribution in [0.2, 0.25) is 0 Å². The SMILES string of the molecule is CCC(C(N)=S)N1CCN(Cc2cccs2)CC1. The van der Waals surface area contributed by atoms with Crippen molar-refractivity contribution in [3.63, 3.8) is 0 Å². The second kappa shape index (κ2) is 6.61. The fourth-order valence-corrected chi connectivity index (χ4v) is 3.56. The van der Waals surface area contributed by atoms with Gasteiger partial charge in [0.2, 0.25) is 0 Å². The van der Waals surface area contributed by atoms with Gasteiger partial charge in [-0.2, -0.15) is 0 Å². The average Bonchev–Trinajstić information content (AvgIpc) is 2.84. The van der Waals surface area contributed by atoms with Crippen molar-refractivity contribution < 1.29 is 0 Å². The largest absolute Gasteiger partial charge is 0.392 e. The molecule has 0 saturated carbocycles. The molecule has 5 heteroatoms. The first kappa shape index (κ1) is 13.9. The zero-order valence-electron chi connectivity index (χ0n) is 10.8. The third kappa shape index (κ3) is 3.51. The number of piperazine rings is 1. The Bertz CT molecular complexity index is 370. The van der Waals surface area contributed by atoms with Gasteiger partial charge < -0.3 is 5.73 Å². The van der Waals surface area contributed by atoms with Gasteiger partial charge in [-0.3, -0.25) is 9.80 Å². The van der Waals surface area contributed by atoms with Gasteiger partial charge in [0.15, 0.2) is 0 Å². The van der Waals surface area contributed by atoms with Crippen molar-refractivity contribution in [2.75, 3.05) is 26.2 Å². The van der Waals surface area contributed by atoms with E-state index in [0.717, 1.165) is 39.1 Å². The maximum atomic E-state index is 5.80. The number of rotatable bonds is 5. The van der Waals surface area contributed by atoms with Gasteiger partial charge in [-0.15, -0.1) is 11.3 Å². The van der Waals surface area contributed by atoms with Gasteiger partial charge in [-0.25, -0.2) is 0 Å². The molecule has 0 radical (unpaired) electrons. The van der Waals surface area contributed by atoms with Crippen LogP contribution < -0.4 is 5.73 Å². The second-order valence-electron chi connectivity index (χ2n) is 4.72. The van der Waals surface area contributed by atoms with Gasteiger partial charge in [-0.05, 0) is 17.9 Å². The summed E-state index contributed by atoms with van der Waals surface area (Å²) in [6, 6.07) is 4.61. The van der Waals surface area contributed by atoms with Gasteiger partial charge in [0, 0.05) is 37.6 Å². The Hall–Kier alpha value is -0.490. The number of hydrogen-bond donors (Lipinski definition) is 1. The van der Waals surface area contributed by atoms with Gasteiger partial charge in [0.05, 0.1) is 11.0 Å². The number of thiophene rings is 1. The van der Waals surface area contributed by atoms with E-state index in [9.17, 15) is 0 Å². The summed E-state index contributed by atoms with van der Waals surface area (Å²) in [5, 5.41) is 2.14. The Labute approximate surface area is 119 Å². The van der Waals surface area contributed by atoms with E-state index < -0.39 is 0 Å². The van der Waals surface area contributed by atoms with Crippen LogP contribution >= 0.6 is 23.6 Å². The van der Waals surface area contributed by atoms with Crippen LogP contribution in [-0.4, -0.2) is 47.0 Å². The molecule has 1 aliphatic rings. The fraction of sp³-hybridized carbons (Fsp3) is 0.615. The zero-order valence-corrected chi connectivity index (χ0v) is 12.5. The summed E-state index contributed by atoms with van der Waals surface area (Å²) in [4.78, 5) is 7.02. The topological polar surface area (TPSA) is 32.5 Å². The molecule has 100 valence electrons. The van der Waals surface area contributed by atoms with E-state index in [-0.39, 0.29) is 6.04 Å². The highest BCUT2D eigenvalue weighted by molar-refractivity contribution is 7.80. The van der Waals surface area contributed by atoms with Crippen LogP contribution in [0.25, 0.3) is 0 Å². The summed E-state index contributed by atoms with van der Waals surface area (Å²) < 4.78 is 0. The van der Waals surface area contributed by atoms with Crippen LogP contribution in [0.5, 0.6) is 0 Å². The van der Waals surface area contributed by atoms with Crippen molar-refractivity contribution in [3.8, 4) is 0 Å². The molecule has 2 N–H and O–H groups in total. The molecule has 0 spiro atoms. The standard InChI is InChI=1S/C13H21N3S2/c1-2-12(13(14)17)16-7-5-15(6-8-16)10-11-4-3-9-18-11/h3-4,9,12H,2,5-8,10H2,1H3,(H2,14,17). The first-order chi connectivity index (χ1) is 8.70. The predicted molar refractivity (Wildman–Crippen MR) is 82.0 cm³/mol. The molecule has 0 aliphatic carbocycles. The number of hydrogen-bond acceptors (Lipinski definition) is 4. The molecule has 1 saturated heterocycles. The van der Waals surface area contributed by atoms with Crippen LogP contribution in [0, 0.1) is 0 Å². The van der Waals surface area contributed by atoms with E-state index in [1.54, 1.807) is 0 Å². The quantitative estimate of drug-likeness (QED) is 0.837.